The Kier molecular flexibility index (Phi) is 2.88. The first-order chi connectivity index (χ1) is 9.15. The molecular formula is C17H18N2. The van der Waals surface area contributed by atoms with Crippen LogP contribution in [0.4, 0.5) is 0 Å². The van der Waals surface area contributed by atoms with E-state index in [1.165, 1.54) is 16.5 Å². The molecule has 96 valence electrons. The maximum Gasteiger partial charge on any atom is 0.0467 e. The van der Waals surface area contributed by atoms with Crippen molar-refractivity contribution in [3.05, 3.63) is 59.7 Å². The van der Waals surface area contributed by atoms with Gasteiger partial charge in [-0.25, -0.2) is 0 Å². The van der Waals surface area contributed by atoms with Crippen LogP contribution in [0.3, 0.4) is 0 Å². The van der Waals surface area contributed by atoms with Crippen LogP contribution in [0.1, 0.15) is 24.1 Å². The lowest BCUT2D eigenvalue weighted by molar-refractivity contribution is 0.820. The standard InChI is InChI=1S/C17H18N2/c1-11-5-3-4-6-15(11)17-10-14-8-7-13(12(2)18)9-16(14)19-17/h3-10,12,19H,18H2,1-2H3. The number of nitrogens with two attached hydrogens (primary N) is 1. The van der Waals surface area contributed by atoms with E-state index in [2.05, 4.69) is 60.4 Å². The van der Waals surface area contributed by atoms with Gasteiger partial charge in [-0.05, 0) is 37.1 Å². The van der Waals surface area contributed by atoms with Crippen molar-refractivity contribution in [3.8, 4) is 11.3 Å². The largest absolute Gasteiger partial charge is 0.355 e. The van der Waals surface area contributed by atoms with E-state index in [0.717, 1.165) is 16.8 Å². The van der Waals surface area contributed by atoms with Crippen LogP contribution in [0.2, 0.25) is 0 Å². The zero-order valence-electron chi connectivity index (χ0n) is 11.3. The molecule has 0 aliphatic heterocycles. The Morgan fingerprint density at radius 2 is 1.84 bits per heavy atom. The SMILES string of the molecule is Cc1ccccc1-c1cc2ccc(C(C)N)cc2[nH]1. The molecule has 1 aromatic heterocycles. The van der Waals surface area contributed by atoms with Crippen molar-refractivity contribution in [1.82, 2.24) is 4.98 Å². The molecular weight excluding hydrogens is 232 g/mol. The van der Waals surface area contributed by atoms with Crippen molar-refractivity contribution in [1.29, 1.82) is 0 Å². The predicted molar refractivity (Wildman–Crippen MR) is 81.1 cm³/mol. The quantitative estimate of drug-likeness (QED) is 0.704. The summed E-state index contributed by atoms with van der Waals surface area (Å²) in [6.45, 7) is 4.14. The van der Waals surface area contributed by atoms with Crippen LogP contribution in [0.5, 0.6) is 0 Å². The van der Waals surface area contributed by atoms with Gasteiger partial charge in [-0.3, -0.25) is 0 Å². The molecule has 1 unspecified atom stereocenters. The van der Waals surface area contributed by atoms with Gasteiger partial charge >= 0.3 is 0 Å². The van der Waals surface area contributed by atoms with Gasteiger partial charge in [0.1, 0.15) is 0 Å². The molecule has 2 heteroatoms. The molecule has 0 saturated carbocycles. The smallest absolute Gasteiger partial charge is 0.0467 e. The van der Waals surface area contributed by atoms with Crippen molar-refractivity contribution >= 4 is 10.9 Å². The van der Waals surface area contributed by atoms with Crippen molar-refractivity contribution in [2.75, 3.05) is 0 Å². The highest BCUT2D eigenvalue weighted by Gasteiger charge is 2.07. The molecule has 3 aromatic rings. The van der Waals surface area contributed by atoms with E-state index in [-0.39, 0.29) is 6.04 Å². The molecule has 19 heavy (non-hydrogen) atoms. The molecule has 2 aromatic carbocycles. The van der Waals surface area contributed by atoms with Crippen LogP contribution in [0.25, 0.3) is 22.2 Å². The molecule has 3 rings (SSSR count). The van der Waals surface area contributed by atoms with Crippen molar-refractivity contribution in [2.24, 2.45) is 5.73 Å². The number of aromatic amines is 1. The Bertz CT molecular complexity index is 723. The summed E-state index contributed by atoms with van der Waals surface area (Å²) in [6.07, 6.45) is 0. The minimum atomic E-state index is 0.0645. The minimum absolute atomic E-state index is 0.0645. The normalized spacial score (nSPS) is 12.8. The van der Waals surface area contributed by atoms with Crippen LogP contribution in [-0.2, 0) is 0 Å². The Labute approximate surface area is 113 Å². The number of H-pyrrole nitrogens is 1. The monoisotopic (exact) mass is 250 g/mol. The van der Waals surface area contributed by atoms with E-state index in [9.17, 15) is 0 Å². The molecule has 0 aliphatic rings. The first kappa shape index (κ1) is 12.0. The summed E-state index contributed by atoms with van der Waals surface area (Å²) in [6, 6.07) is 17.0. The second kappa shape index (κ2) is 4.56. The average molecular weight is 250 g/mol. The average Bonchev–Trinajstić information content (AvgIpc) is 2.81. The Morgan fingerprint density at radius 3 is 2.58 bits per heavy atom. The maximum atomic E-state index is 5.93. The third-order valence-electron chi connectivity index (χ3n) is 3.61. The number of aromatic nitrogens is 1. The van der Waals surface area contributed by atoms with Gasteiger partial charge in [-0.15, -0.1) is 0 Å². The molecule has 1 atom stereocenters. The first-order valence-corrected chi connectivity index (χ1v) is 6.59. The predicted octanol–water partition coefficient (Wildman–Crippen LogP) is 4.16. The Morgan fingerprint density at radius 1 is 1.05 bits per heavy atom. The number of hydrogen-bond donors (Lipinski definition) is 2. The molecule has 0 radical (unpaired) electrons. The number of rotatable bonds is 2. The van der Waals surface area contributed by atoms with Crippen LogP contribution < -0.4 is 5.73 Å². The van der Waals surface area contributed by atoms with Gasteiger partial charge < -0.3 is 10.7 Å². The maximum absolute atomic E-state index is 5.93. The van der Waals surface area contributed by atoms with Gasteiger partial charge in [0.15, 0.2) is 0 Å². The lowest BCUT2D eigenvalue weighted by atomic mass is 10.1. The Hall–Kier alpha value is -2.06. The zero-order chi connectivity index (χ0) is 13.4. The molecule has 2 nitrogen and oxygen atoms in total. The number of benzene rings is 2. The highest BCUT2D eigenvalue weighted by Crippen LogP contribution is 2.27. The second-order valence-corrected chi connectivity index (χ2v) is 5.13. The first-order valence-electron chi connectivity index (χ1n) is 6.59. The summed E-state index contributed by atoms with van der Waals surface area (Å²) in [4.78, 5) is 3.49. The fourth-order valence-electron chi connectivity index (χ4n) is 2.45. The van der Waals surface area contributed by atoms with E-state index in [0.29, 0.717) is 0 Å². The number of fused-ring (bicyclic) bond motifs is 1. The van der Waals surface area contributed by atoms with E-state index >= 15 is 0 Å². The van der Waals surface area contributed by atoms with Gasteiger partial charge in [0.25, 0.3) is 0 Å². The molecule has 0 amide bonds. The third-order valence-corrected chi connectivity index (χ3v) is 3.61. The fourth-order valence-corrected chi connectivity index (χ4v) is 2.45. The van der Waals surface area contributed by atoms with Gasteiger partial charge in [0.05, 0.1) is 0 Å². The summed E-state index contributed by atoms with van der Waals surface area (Å²) in [5.74, 6) is 0. The lowest BCUT2D eigenvalue weighted by Crippen LogP contribution is -2.04. The number of hydrogen-bond acceptors (Lipinski definition) is 1. The highest BCUT2D eigenvalue weighted by molar-refractivity contribution is 5.87. The van der Waals surface area contributed by atoms with Crippen LogP contribution in [0.15, 0.2) is 48.5 Å². The minimum Gasteiger partial charge on any atom is -0.355 e. The van der Waals surface area contributed by atoms with Crippen molar-refractivity contribution in [2.45, 2.75) is 19.9 Å². The molecule has 0 aliphatic carbocycles. The topological polar surface area (TPSA) is 41.8 Å². The summed E-state index contributed by atoms with van der Waals surface area (Å²) in [5.41, 5.74) is 11.9. The van der Waals surface area contributed by atoms with Crippen LogP contribution >= 0.6 is 0 Å². The summed E-state index contributed by atoms with van der Waals surface area (Å²) < 4.78 is 0. The molecule has 0 fully saturated rings. The van der Waals surface area contributed by atoms with Crippen molar-refractivity contribution in [3.63, 3.8) is 0 Å². The molecule has 0 spiro atoms. The summed E-state index contributed by atoms with van der Waals surface area (Å²) in [7, 11) is 0. The second-order valence-electron chi connectivity index (χ2n) is 5.13. The van der Waals surface area contributed by atoms with Gasteiger partial charge in [-0.2, -0.15) is 0 Å². The third kappa shape index (κ3) is 2.15. The van der Waals surface area contributed by atoms with Crippen LogP contribution in [-0.4, -0.2) is 4.98 Å². The molecule has 1 heterocycles. The Balaban J connectivity index is 2.14. The highest BCUT2D eigenvalue weighted by atomic mass is 14.7. The van der Waals surface area contributed by atoms with Crippen LogP contribution in [0, 0.1) is 6.92 Å². The summed E-state index contributed by atoms with van der Waals surface area (Å²) in [5, 5.41) is 1.22. The van der Waals surface area contributed by atoms with Gasteiger partial charge in [-0.1, -0.05) is 36.4 Å². The van der Waals surface area contributed by atoms with Gasteiger partial charge in [0, 0.05) is 28.2 Å². The molecule has 0 bridgehead atoms. The van der Waals surface area contributed by atoms with E-state index in [4.69, 9.17) is 5.73 Å². The van der Waals surface area contributed by atoms with E-state index in [1.54, 1.807) is 0 Å². The van der Waals surface area contributed by atoms with E-state index < -0.39 is 0 Å². The number of nitrogens with one attached hydrogen (secondary N) is 1. The fraction of sp³-hybridized carbons (Fsp3) is 0.176. The van der Waals surface area contributed by atoms with Gasteiger partial charge in [0.2, 0.25) is 0 Å². The summed E-state index contributed by atoms with van der Waals surface area (Å²) >= 11 is 0. The molecule has 3 N–H and O–H groups in total. The van der Waals surface area contributed by atoms with E-state index in [1.807, 2.05) is 6.92 Å². The van der Waals surface area contributed by atoms with Crippen molar-refractivity contribution < 1.29 is 0 Å². The molecule has 0 saturated heterocycles. The number of aryl methyl sites for hydroxylation is 1. The lowest BCUT2D eigenvalue weighted by Gasteiger charge is -2.04. The zero-order valence-corrected chi connectivity index (χ0v) is 11.3.